The van der Waals surface area contributed by atoms with Crippen LogP contribution in [0.15, 0.2) is 0 Å². The van der Waals surface area contributed by atoms with Crippen molar-refractivity contribution in [2.24, 2.45) is 0 Å². The molecule has 3 aliphatic heterocycles. The molecule has 148 valence electrons. The van der Waals surface area contributed by atoms with Crippen molar-refractivity contribution >= 4 is 11.9 Å². The third kappa shape index (κ3) is 3.75. The van der Waals surface area contributed by atoms with E-state index in [0.717, 1.165) is 58.3 Å². The molecular formula is C19H34N4O3. The number of carboxylic acids is 1. The Labute approximate surface area is 156 Å². The summed E-state index contributed by atoms with van der Waals surface area (Å²) < 4.78 is 0. The second-order valence-corrected chi connectivity index (χ2v) is 7.88. The van der Waals surface area contributed by atoms with Gasteiger partial charge in [0.2, 0.25) is 0 Å². The minimum Gasteiger partial charge on any atom is -0.479 e. The molecule has 0 aromatic rings. The van der Waals surface area contributed by atoms with Crippen LogP contribution in [0.25, 0.3) is 0 Å². The minimum atomic E-state index is -1.38. The first-order valence-electron chi connectivity index (χ1n) is 10.3. The van der Waals surface area contributed by atoms with Gasteiger partial charge >= 0.3 is 5.97 Å². The Morgan fingerprint density at radius 2 is 1.62 bits per heavy atom. The van der Waals surface area contributed by atoms with Gasteiger partial charge in [0.15, 0.2) is 5.54 Å². The van der Waals surface area contributed by atoms with Gasteiger partial charge < -0.3 is 15.3 Å². The van der Waals surface area contributed by atoms with Crippen molar-refractivity contribution < 1.29 is 14.7 Å². The zero-order valence-corrected chi connectivity index (χ0v) is 16.1. The Morgan fingerprint density at radius 3 is 2.15 bits per heavy atom. The molecule has 0 radical (unpaired) electrons. The number of carboxylic acid groups (broad SMARTS) is 1. The number of carbonyl (C=O) groups excluding carboxylic acids is 1. The molecule has 1 unspecified atom stereocenters. The fraction of sp³-hybridized carbons (Fsp3) is 0.895. The molecule has 26 heavy (non-hydrogen) atoms. The molecule has 0 aromatic carbocycles. The van der Waals surface area contributed by atoms with Gasteiger partial charge in [0, 0.05) is 32.2 Å². The quantitative estimate of drug-likeness (QED) is 0.694. The molecule has 7 heteroatoms. The molecule has 7 nitrogen and oxygen atoms in total. The summed E-state index contributed by atoms with van der Waals surface area (Å²) in [5.41, 5.74) is -1.38. The van der Waals surface area contributed by atoms with Gasteiger partial charge in [0.05, 0.1) is 0 Å². The highest BCUT2D eigenvalue weighted by Crippen LogP contribution is 2.28. The molecule has 3 heterocycles. The average Bonchev–Trinajstić information content (AvgIpc) is 2.70. The normalized spacial score (nSPS) is 26.4. The number of hydrogen-bond acceptors (Lipinski definition) is 5. The van der Waals surface area contributed by atoms with Gasteiger partial charge in [-0.15, -0.1) is 0 Å². The summed E-state index contributed by atoms with van der Waals surface area (Å²) in [4.78, 5) is 31.8. The van der Waals surface area contributed by atoms with E-state index in [4.69, 9.17) is 0 Å². The maximum atomic E-state index is 13.3. The molecule has 0 spiro atoms. The van der Waals surface area contributed by atoms with E-state index in [9.17, 15) is 14.7 Å². The number of piperazine rings is 1. The summed E-state index contributed by atoms with van der Waals surface area (Å²) in [5, 5.41) is 13.4. The predicted molar refractivity (Wildman–Crippen MR) is 100 cm³/mol. The van der Waals surface area contributed by atoms with Gasteiger partial charge in [-0.3, -0.25) is 14.6 Å². The lowest BCUT2D eigenvalue weighted by atomic mass is 9.89. The largest absolute Gasteiger partial charge is 0.479 e. The summed E-state index contributed by atoms with van der Waals surface area (Å²) in [5.74, 6) is -1.17. The first-order valence-corrected chi connectivity index (χ1v) is 10.3. The number of aliphatic carboxylic acids is 1. The molecule has 2 N–H and O–H groups in total. The van der Waals surface area contributed by atoms with Crippen molar-refractivity contribution in [3.8, 4) is 0 Å². The second kappa shape index (κ2) is 8.67. The number of amides is 1. The Morgan fingerprint density at radius 1 is 1.00 bits per heavy atom. The van der Waals surface area contributed by atoms with Crippen LogP contribution in [-0.4, -0.2) is 95.6 Å². The zero-order valence-electron chi connectivity index (χ0n) is 16.1. The highest BCUT2D eigenvalue weighted by molar-refractivity contribution is 6.06. The van der Waals surface area contributed by atoms with Crippen molar-refractivity contribution in [2.45, 2.75) is 57.0 Å². The van der Waals surface area contributed by atoms with Crippen molar-refractivity contribution in [1.29, 1.82) is 0 Å². The third-order valence-electron chi connectivity index (χ3n) is 6.54. The molecule has 3 saturated heterocycles. The third-order valence-corrected chi connectivity index (χ3v) is 6.54. The number of piperidine rings is 2. The van der Waals surface area contributed by atoms with Crippen molar-refractivity contribution in [2.75, 3.05) is 52.4 Å². The highest BCUT2D eigenvalue weighted by atomic mass is 16.4. The lowest BCUT2D eigenvalue weighted by Gasteiger charge is -2.46. The van der Waals surface area contributed by atoms with Crippen LogP contribution in [0.3, 0.4) is 0 Å². The number of likely N-dealkylation sites (tertiary alicyclic amines) is 1. The molecule has 3 rings (SSSR count). The van der Waals surface area contributed by atoms with Crippen LogP contribution in [0.1, 0.15) is 45.4 Å². The monoisotopic (exact) mass is 366 g/mol. The Kier molecular flexibility index (Phi) is 6.53. The van der Waals surface area contributed by atoms with E-state index in [0.29, 0.717) is 38.6 Å². The number of nitrogens with one attached hydrogen (secondary N) is 1. The van der Waals surface area contributed by atoms with Crippen LogP contribution in [0.2, 0.25) is 0 Å². The summed E-state index contributed by atoms with van der Waals surface area (Å²) in [7, 11) is 0. The van der Waals surface area contributed by atoms with Gasteiger partial charge in [-0.25, -0.2) is 4.79 Å². The maximum absolute atomic E-state index is 13.3. The van der Waals surface area contributed by atoms with Crippen LogP contribution in [-0.2, 0) is 9.59 Å². The fourth-order valence-electron chi connectivity index (χ4n) is 4.89. The molecule has 0 aliphatic carbocycles. The topological polar surface area (TPSA) is 76.1 Å². The van der Waals surface area contributed by atoms with Crippen LogP contribution < -0.4 is 5.32 Å². The van der Waals surface area contributed by atoms with Crippen LogP contribution in [0, 0.1) is 0 Å². The van der Waals surface area contributed by atoms with Gasteiger partial charge in [-0.1, -0.05) is 13.3 Å². The molecule has 0 saturated carbocycles. The number of carbonyl (C=O) groups is 2. The Hall–Kier alpha value is -1.18. The number of nitrogens with zero attached hydrogens (tertiary/aromatic N) is 3. The van der Waals surface area contributed by atoms with Gasteiger partial charge in [0.25, 0.3) is 5.91 Å². The zero-order chi connectivity index (χ0) is 18.6. The van der Waals surface area contributed by atoms with E-state index in [1.54, 1.807) is 0 Å². The molecule has 3 fully saturated rings. The van der Waals surface area contributed by atoms with E-state index >= 15 is 0 Å². The van der Waals surface area contributed by atoms with Gasteiger partial charge in [-0.2, -0.15) is 0 Å². The molecule has 1 atom stereocenters. The second-order valence-electron chi connectivity index (χ2n) is 7.88. The smallest absolute Gasteiger partial charge is 0.333 e. The molecule has 1 amide bonds. The van der Waals surface area contributed by atoms with Crippen molar-refractivity contribution in [3.05, 3.63) is 0 Å². The molecular weight excluding hydrogens is 332 g/mol. The SMILES string of the molecule is CCC(C(=O)O)(C(=O)N1CCN(C2CCNCC2)CC1)N1CCCCC1. The predicted octanol–water partition coefficient (Wildman–Crippen LogP) is 0.602. The van der Waals surface area contributed by atoms with Gasteiger partial charge in [-0.05, 0) is 58.3 Å². The first-order chi connectivity index (χ1) is 12.6. The van der Waals surface area contributed by atoms with Gasteiger partial charge in [0.1, 0.15) is 0 Å². The highest BCUT2D eigenvalue weighted by Gasteiger charge is 2.52. The Balaban J connectivity index is 1.66. The maximum Gasteiger partial charge on any atom is 0.333 e. The molecule has 0 bridgehead atoms. The van der Waals surface area contributed by atoms with Crippen molar-refractivity contribution in [1.82, 2.24) is 20.0 Å². The number of rotatable bonds is 5. The van der Waals surface area contributed by atoms with E-state index in [-0.39, 0.29) is 5.91 Å². The summed E-state index contributed by atoms with van der Waals surface area (Å²) in [6, 6.07) is 0.603. The Bertz CT molecular complexity index is 495. The molecule has 0 aromatic heterocycles. The van der Waals surface area contributed by atoms with E-state index < -0.39 is 11.5 Å². The lowest BCUT2D eigenvalue weighted by Crippen LogP contribution is -2.67. The van der Waals surface area contributed by atoms with Crippen molar-refractivity contribution in [3.63, 3.8) is 0 Å². The molecule has 3 aliphatic rings. The average molecular weight is 367 g/mol. The van der Waals surface area contributed by atoms with E-state index in [1.165, 1.54) is 0 Å². The van der Waals surface area contributed by atoms with E-state index in [1.807, 2.05) is 16.7 Å². The summed E-state index contributed by atoms with van der Waals surface area (Å²) in [6.07, 6.45) is 5.73. The fourth-order valence-corrected chi connectivity index (χ4v) is 4.89. The first kappa shape index (κ1) is 19.6. The lowest BCUT2D eigenvalue weighted by molar-refractivity contribution is -0.166. The van der Waals surface area contributed by atoms with Crippen LogP contribution >= 0.6 is 0 Å². The minimum absolute atomic E-state index is 0.195. The standard InChI is InChI=1S/C19H34N4O3/c1-2-19(18(25)26,23-10-4-3-5-11-23)17(24)22-14-12-21(13-15-22)16-6-8-20-9-7-16/h16,20H,2-15H2,1H3,(H,25,26). The van der Waals surface area contributed by atoms with Crippen LogP contribution in [0.5, 0.6) is 0 Å². The summed E-state index contributed by atoms with van der Waals surface area (Å²) >= 11 is 0. The summed E-state index contributed by atoms with van der Waals surface area (Å²) in [6.45, 7) is 8.39. The number of hydrogen-bond donors (Lipinski definition) is 2. The van der Waals surface area contributed by atoms with Crippen LogP contribution in [0.4, 0.5) is 0 Å². The van der Waals surface area contributed by atoms with E-state index in [2.05, 4.69) is 10.2 Å².